The third-order valence-electron chi connectivity index (χ3n) is 4.32. The van der Waals surface area contributed by atoms with Crippen LogP contribution in [0.2, 0.25) is 0 Å². The summed E-state index contributed by atoms with van der Waals surface area (Å²) < 4.78 is 6.76. The Balaban J connectivity index is 2.01. The van der Waals surface area contributed by atoms with Gasteiger partial charge in [0.1, 0.15) is 5.75 Å². The van der Waals surface area contributed by atoms with Crippen molar-refractivity contribution in [3.05, 3.63) is 62.6 Å². The molecule has 0 aliphatic rings. The first-order valence-corrected chi connectivity index (χ1v) is 9.37. The highest BCUT2D eigenvalue weighted by Gasteiger charge is 2.15. The molecular formula is C21H26BrNO2. The molecule has 4 heteroatoms. The highest BCUT2D eigenvalue weighted by atomic mass is 79.9. The molecule has 0 radical (unpaired) electrons. The second kappa shape index (κ2) is 8.52. The predicted molar refractivity (Wildman–Crippen MR) is 106 cm³/mol. The third kappa shape index (κ3) is 5.08. The average Bonchev–Trinajstić information content (AvgIpc) is 2.56. The predicted octanol–water partition coefficient (Wildman–Crippen LogP) is 5.33. The Kier molecular flexibility index (Phi) is 6.65. The fourth-order valence-corrected chi connectivity index (χ4v) is 3.22. The molecule has 1 N–H and O–H groups in total. The molecule has 0 saturated heterocycles. The lowest BCUT2D eigenvalue weighted by Gasteiger charge is -2.20. The standard InChI is InChI=1S/C21H26BrNO2/c1-6-19(18-8-7-13(2)9-14(18)3)23-20(24)12-25-17-10-15(4)21(22)16(5)11-17/h7-11,19H,6,12H2,1-5H3,(H,23,24). The van der Waals surface area contributed by atoms with Crippen molar-refractivity contribution in [1.29, 1.82) is 0 Å². The Morgan fingerprint density at radius 2 is 1.72 bits per heavy atom. The van der Waals surface area contributed by atoms with Gasteiger partial charge in [0.15, 0.2) is 6.61 Å². The van der Waals surface area contributed by atoms with Gasteiger partial charge in [0.25, 0.3) is 5.91 Å². The van der Waals surface area contributed by atoms with Gasteiger partial charge in [-0.05, 0) is 68.5 Å². The minimum absolute atomic E-state index is 0.00471. The number of hydrogen-bond donors (Lipinski definition) is 1. The maximum Gasteiger partial charge on any atom is 0.258 e. The molecule has 1 unspecified atom stereocenters. The summed E-state index contributed by atoms with van der Waals surface area (Å²) in [5.74, 6) is 0.609. The largest absolute Gasteiger partial charge is 0.484 e. The summed E-state index contributed by atoms with van der Waals surface area (Å²) in [7, 11) is 0. The summed E-state index contributed by atoms with van der Waals surface area (Å²) in [5, 5.41) is 3.08. The first-order valence-electron chi connectivity index (χ1n) is 8.57. The lowest BCUT2D eigenvalue weighted by molar-refractivity contribution is -0.123. The Hall–Kier alpha value is -1.81. The zero-order valence-electron chi connectivity index (χ0n) is 15.6. The Morgan fingerprint density at radius 3 is 2.28 bits per heavy atom. The molecule has 0 spiro atoms. The van der Waals surface area contributed by atoms with E-state index in [-0.39, 0.29) is 18.6 Å². The molecule has 0 aliphatic heterocycles. The van der Waals surface area contributed by atoms with Gasteiger partial charge in [-0.25, -0.2) is 0 Å². The lowest BCUT2D eigenvalue weighted by atomic mass is 9.97. The highest BCUT2D eigenvalue weighted by Crippen LogP contribution is 2.26. The maximum atomic E-state index is 12.3. The van der Waals surface area contributed by atoms with Gasteiger partial charge < -0.3 is 10.1 Å². The number of halogens is 1. The number of carbonyl (C=O) groups is 1. The van der Waals surface area contributed by atoms with E-state index in [1.807, 2.05) is 26.0 Å². The van der Waals surface area contributed by atoms with Crippen LogP contribution in [0, 0.1) is 27.7 Å². The van der Waals surface area contributed by atoms with Gasteiger partial charge in [-0.1, -0.05) is 46.6 Å². The van der Waals surface area contributed by atoms with E-state index < -0.39 is 0 Å². The van der Waals surface area contributed by atoms with Crippen LogP contribution in [0.5, 0.6) is 5.75 Å². The van der Waals surface area contributed by atoms with Crippen molar-refractivity contribution in [1.82, 2.24) is 5.32 Å². The van der Waals surface area contributed by atoms with Crippen molar-refractivity contribution >= 4 is 21.8 Å². The minimum atomic E-state index is -0.106. The van der Waals surface area contributed by atoms with Gasteiger partial charge in [0.2, 0.25) is 0 Å². The molecule has 0 fully saturated rings. The quantitative estimate of drug-likeness (QED) is 0.707. The van der Waals surface area contributed by atoms with Gasteiger partial charge in [-0.3, -0.25) is 4.79 Å². The van der Waals surface area contributed by atoms with Crippen LogP contribution in [-0.2, 0) is 4.79 Å². The van der Waals surface area contributed by atoms with E-state index in [0.717, 1.165) is 27.6 Å². The summed E-state index contributed by atoms with van der Waals surface area (Å²) in [5.41, 5.74) is 5.78. The van der Waals surface area contributed by atoms with E-state index in [0.29, 0.717) is 5.75 Å². The third-order valence-corrected chi connectivity index (χ3v) is 5.57. The first kappa shape index (κ1) is 19.5. The number of benzene rings is 2. The molecule has 2 aromatic rings. The number of amides is 1. The van der Waals surface area contributed by atoms with Crippen LogP contribution in [-0.4, -0.2) is 12.5 Å². The van der Waals surface area contributed by atoms with E-state index in [2.05, 4.69) is 60.2 Å². The van der Waals surface area contributed by atoms with Crippen LogP contribution in [0.3, 0.4) is 0 Å². The van der Waals surface area contributed by atoms with Crippen molar-refractivity contribution in [2.24, 2.45) is 0 Å². The summed E-state index contributed by atoms with van der Waals surface area (Å²) in [4.78, 5) is 12.3. The molecule has 0 aromatic heterocycles. The van der Waals surface area contributed by atoms with Crippen LogP contribution < -0.4 is 10.1 Å². The molecule has 0 aliphatic carbocycles. The monoisotopic (exact) mass is 403 g/mol. The Bertz CT molecular complexity index is 747. The van der Waals surface area contributed by atoms with Crippen LogP contribution in [0.1, 0.15) is 47.2 Å². The van der Waals surface area contributed by atoms with Crippen LogP contribution in [0.15, 0.2) is 34.8 Å². The molecule has 1 amide bonds. The van der Waals surface area contributed by atoms with Crippen LogP contribution >= 0.6 is 15.9 Å². The minimum Gasteiger partial charge on any atom is -0.484 e. The van der Waals surface area contributed by atoms with Crippen LogP contribution in [0.4, 0.5) is 0 Å². The topological polar surface area (TPSA) is 38.3 Å². The number of carbonyl (C=O) groups excluding carboxylic acids is 1. The van der Waals surface area contributed by atoms with Crippen molar-refractivity contribution in [3.63, 3.8) is 0 Å². The fraction of sp³-hybridized carbons (Fsp3) is 0.381. The zero-order chi connectivity index (χ0) is 18.6. The zero-order valence-corrected chi connectivity index (χ0v) is 17.2. The lowest BCUT2D eigenvalue weighted by Crippen LogP contribution is -2.32. The van der Waals surface area contributed by atoms with Crippen molar-refractivity contribution in [2.45, 2.75) is 47.1 Å². The van der Waals surface area contributed by atoms with E-state index in [4.69, 9.17) is 4.74 Å². The molecule has 1 atom stereocenters. The molecule has 2 aromatic carbocycles. The number of nitrogens with one attached hydrogen (secondary N) is 1. The SMILES string of the molecule is CCC(NC(=O)COc1cc(C)c(Br)c(C)c1)c1ccc(C)cc1C. The van der Waals surface area contributed by atoms with Crippen molar-refractivity contribution < 1.29 is 9.53 Å². The summed E-state index contributed by atoms with van der Waals surface area (Å²) >= 11 is 3.54. The van der Waals surface area contributed by atoms with Gasteiger partial charge in [-0.2, -0.15) is 0 Å². The number of ether oxygens (including phenoxy) is 1. The van der Waals surface area contributed by atoms with E-state index in [1.54, 1.807) is 0 Å². The summed E-state index contributed by atoms with van der Waals surface area (Å²) in [6, 6.07) is 10.2. The Morgan fingerprint density at radius 1 is 1.08 bits per heavy atom. The highest BCUT2D eigenvalue weighted by molar-refractivity contribution is 9.10. The van der Waals surface area contributed by atoms with Gasteiger partial charge in [0, 0.05) is 4.47 Å². The molecule has 0 heterocycles. The molecule has 0 bridgehead atoms. The molecule has 134 valence electrons. The van der Waals surface area contributed by atoms with Gasteiger partial charge >= 0.3 is 0 Å². The first-order chi connectivity index (χ1) is 11.8. The van der Waals surface area contributed by atoms with Crippen molar-refractivity contribution in [3.8, 4) is 5.75 Å². The molecule has 25 heavy (non-hydrogen) atoms. The number of aryl methyl sites for hydroxylation is 4. The average molecular weight is 404 g/mol. The van der Waals surface area contributed by atoms with Crippen molar-refractivity contribution in [2.75, 3.05) is 6.61 Å². The summed E-state index contributed by atoms with van der Waals surface area (Å²) in [6.07, 6.45) is 0.839. The normalized spacial score (nSPS) is 11.9. The molecule has 2 rings (SSSR count). The fourth-order valence-electron chi connectivity index (χ4n) is 2.99. The molecular weight excluding hydrogens is 378 g/mol. The smallest absolute Gasteiger partial charge is 0.258 e. The number of hydrogen-bond acceptors (Lipinski definition) is 2. The molecule has 0 saturated carbocycles. The Labute approximate surface area is 158 Å². The van der Waals surface area contributed by atoms with E-state index >= 15 is 0 Å². The maximum absolute atomic E-state index is 12.3. The second-order valence-corrected chi connectivity index (χ2v) is 7.34. The number of rotatable bonds is 6. The van der Waals surface area contributed by atoms with Gasteiger partial charge in [0.05, 0.1) is 6.04 Å². The molecule has 3 nitrogen and oxygen atoms in total. The van der Waals surface area contributed by atoms with Crippen LogP contribution in [0.25, 0.3) is 0 Å². The summed E-state index contributed by atoms with van der Waals surface area (Å²) in [6.45, 7) is 10.3. The second-order valence-electron chi connectivity index (χ2n) is 6.55. The van der Waals surface area contributed by atoms with E-state index in [1.165, 1.54) is 11.1 Å². The van der Waals surface area contributed by atoms with E-state index in [9.17, 15) is 4.79 Å². The van der Waals surface area contributed by atoms with Gasteiger partial charge in [-0.15, -0.1) is 0 Å².